The zero-order chi connectivity index (χ0) is 30.8. The van der Waals surface area contributed by atoms with Crippen molar-refractivity contribution in [2.24, 2.45) is 11.8 Å². The van der Waals surface area contributed by atoms with Crippen molar-refractivity contribution in [3.05, 3.63) is 88.5 Å². The quantitative estimate of drug-likeness (QED) is 0.362. The highest BCUT2D eigenvalue weighted by Crippen LogP contribution is 2.41. The maximum absolute atomic E-state index is 14.4. The van der Waals surface area contributed by atoms with Gasteiger partial charge >= 0.3 is 5.97 Å². The molecule has 3 aromatic rings. The smallest absolute Gasteiger partial charge is 0.310 e. The average molecular weight is 599 g/mol. The molecule has 3 aromatic carbocycles. The minimum absolute atomic E-state index is 0.0224. The number of fused-ring (bicyclic) bond motifs is 2. The third-order valence-electron chi connectivity index (χ3n) is 9.33. The van der Waals surface area contributed by atoms with Gasteiger partial charge in [0.1, 0.15) is 23.9 Å². The lowest BCUT2D eigenvalue weighted by atomic mass is 9.77. The van der Waals surface area contributed by atoms with Crippen LogP contribution in [0.4, 0.5) is 0 Å². The summed E-state index contributed by atoms with van der Waals surface area (Å²) in [7, 11) is 3.12. The van der Waals surface area contributed by atoms with Crippen LogP contribution in [0.25, 0.3) is 0 Å². The van der Waals surface area contributed by atoms with Crippen LogP contribution < -0.4 is 9.47 Å². The number of nitrogens with zero attached hydrogens (tertiary/aromatic N) is 2. The summed E-state index contributed by atoms with van der Waals surface area (Å²) in [6.45, 7) is 1.16. The molecule has 1 unspecified atom stereocenters. The van der Waals surface area contributed by atoms with Crippen molar-refractivity contribution in [2.45, 2.75) is 51.3 Å². The fraction of sp³-hybridized carbons (Fsp3) is 0.400. The zero-order valence-corrected chi connectivity index (χ0v) is 25.2. The molecule has 0 aromatic heterocycles. The lowest BCUT2D eigenvalue weighted by molar-refractivity contribution is -0.159. The summed E-state index contributed by atoms with van der Waals surface area (Å²) in [6.07, 6.45) is 3.40. The molecule has 3 atom stereocenters. The Kier molecular flexibility index (Phi) is 8.46. The van der Waals surface area contributed by atoms with E-state index >= 15 is 0 Å². The van der Waals surface area contributed by atoms with Crippen LogP contribution in [-0.2, 0) is 33.9 Å². The van der Waals surface area contributed by atoms with Crippen molar-refractivity contribution in [3.63, 3.8) is 0 Å². The van der Waals surface area contributed by atoms with Gasteiger partial charge < -0.3 is 29.1 Å². The summed E-state index contributed by atoms with van der Waals surface area (Å²) in [5, 5.41) is 11.0. The average Bonchev–Trinajstić information content (AvgIpc) is 3.37. The van der Waals surface area contributed by atoms with Crippen LogP contribution in [0.3, 0.4) is 0 Å². The first kappa shape index (κ1) is 29.5. The maximum Gasteiger partial charge on any atom is 0.310 e. The molecule has 3 aliphatic rings. The van der Waals surface area contributed by atoms with Crippen molar-refractivity contribution in [1.29, 1.82) is 0 Å². The van der Waals surface area contributed by atoms with Gasteiger partial charge in [0.05, 0.1) is 32.1 Å². The van der Waals surface area contributed by atoms with Crippen molar-refractivity contribution < 1.29 is 33.7 Å². The number of amides is 2. The van der Waals surface area contributed by atoms with Crippen LogP contribution in [0.5, 0.6) is 17.2 Å². The topological polar surface area (TPSA) is 106 Å². The van der Waals surface area contributed by atoms with Gasteiger partial charge in [-0.15, -0.1) is 0 Å². The number of benzene rings is 3. The van der Waals surface area contributed by atoms with Crippen molar-refractivity contribution >= 4 is 17.8 Å². The van der Waals surface area contributed by atoms with Crippen molar-refractivity contribution in [1.82, 2.24) is 9.80 Å². The summed E-state index contributed by atoms with van der Waals surface area (Å²) in [6, 6.07) is 17.7. The number of phenols is 1. The SMILES string of the molecule is COc1ccc(COC(=O)[C@H]2CCCC[C@H]2C(=O)N2CCc3cccc(O)c3C2CN2Cc3ccccc3C2=O)c(OC)c1. The summed E-state index contributed by atoms with van der Waals surface area (Å²) in [5.41, 5.74) is 3.97. The first-order valence-electron chi connectivity index (χ1n) is 15.3. The highest BCUT2D eigenvalue weighted by molar-refractivity contribution is 5.98. The van der Waals surface area contributed by atoms with E-state index in [9.17, 15) is 19.5 Å². The summed E-state index contributed by atoms with van der Waals surface area (Å²) < 4.78 is 16.5. The van der Waals surface area contributed by atoms with E-state index in [0.717, 1.165) is 24.0 Å². The molecule has 9 heteroatoms. The molecule has 2 heterocycles. The molecule has 2 amide bonds. The Bertz CT molecular complexity index is 1570. The normalized spacial score (nSPS) is 21.0. The van der Waals surface area contributed by atoms with E-state index in [2.05, 4.69) is 0 Å². The summed E-state index contributed by atoms with van der Waals surface area (Å²) in [4.78, 5) is 44.8. The maximum atomic E-state index is 14.4. The molecule has 1 saturated carbocycles. The van der Waals surface area contributed by atoms with Gasteiger partial charge in [-0.25, -0.2) is 0 Å². The van der Waals surface area contributed by atoms with Crippen molar-refractivity contribution in [2.75, 3.05) is 27.3 Å². The number of esters is 1. The molecule has 230 valence electrons. The Morgan fingerprint density at radius 3 is 2.48 bits per heavy atom. The predicted molar refractivity (Wildman–Crippen MR) is 162 cm³/mol. The Morgan fingerprint density at radius 2 is 1.70 bits per heavy atom. The molecule has 0 spiro atoms. The van der Waals surface area contributed by atoms with Gasteiger partial charge in [-0.05, 0) is 54.7 Å². The molecule has 1 aliphatic carbocycles. The number of phenolic OH excluding ortho intramolecular Hbond substituents is 1. The van der Waals surface area contributed by atoms with Crippen LogP contribution in [0.2, 0.25) is 0 Å². The van der Waals surface area contributed by atoms with Gasteiger partial charge in [0.15, 0.2) is 0 Å². The minimum atomic E-state index is -0.579. The molecular formula is C35H38N2O7. The van der Waals surface area contributed by atoms with E-state index in [-0.39, 0.29) is 30.7 Å². The van der Waals surface area contributed by atoms with Crippen LogP contribution >= 0.6 is 0 Å². The molecule has 9 nitrogen and oxygen atoms in total. The van der Waals surface area contributed by atoms with Gasteiger partial charge in [-0.3, -0.25) is 14.4 Å². The van der Waals surface area contributed by atoms with Crippen LogP contribution in [0.15, 0.2) is 60.7 Å². The Morgan fingerprint density at radius 1 is 0.932 bits per heavy atom. The molecule has 2 aliphatic heterocycles. The van der Waals surface area contributed by atoms with E-state index in [1.807, 2.05) is 36.4 Å². The third kappa shape index (κ3) is 5.58. The van der Waals surface area contributed by atoms with E-state index in [0.29, 0.717) is 60.5 Å². The van der Waals surface area contributed by atoms with Crippen LogP contribution in [0.1, 0.15) is 64.3 Å². The van der Waals surface area contributed by atoms with Crippen LogP contribution in [-0.4, -0.2) is 60.0 Å². The number of carbonyl (C=O) groups excluding carboxylic acids is 3. The number of carbonyl (C=O) groups is 3. The van der Waals surface area contributed by atoms with Crippen molar-refractivity contribution in [3.8, 4) is 17.2 Å². The lowest BCUT2D eigenvalue weighted by Gasteiger charge is -2.42. The molecule has 0 bridgehead atoms. The number of aromatic hydroxyl groups is 1. The molecule has 0 saturated heterocycles. The Hall–Kier alpha value is -4.53. The summed E-state index contributed by atoms with van der Waals surface area (Å²) in [5.74, 6) is -0.426. The molecule has 1 fully saturated rings. The fourth-order valence-corrected chi connectivity index (χ4v) is 7.03. The molecule has 1 N–H and O–H groups in total. The lowest BCUT2D eigenvalue weighted by Crippen LogP contribution is -2.50. The molecule has 6 rings (SSSR count). The number of rotatable bonds is 8. The fourth-order valence-electron chi connectivity index (χ4n) is 7.03. The van der Waals surface area contributed by atoms with Gasteiger partial charge in [-0.2, -0.15) is 0 Å². The first-order valence-corrected chi connectivity index (χ1v) is 15.3. The molecule has 44 heavy (non-hydrogen) atoms. The molecule has 0 radical (unpaired) electrons. The molecular weight excluding hydrogens is 560 g/mol. The standard InChI is InChI=1S/C35H38N2O7/c1-42-25-15-14-24(31(18-25)43-2)21-44-35(41)28-12-6-5-11-27(28)34(40)37-17-16-22-9-7-13-30(38)32(22)29(37)20-36-19-23-8-3-4-10-26(23)33(36)39/h3-4,7-10,13-15,18,27-29,38H,5-6,11-12,16-17,19-21H2,1-2H3/t27-,28+,29?/m1/s1. The van der Waals surface area contributed by atoms with E-state index in [1.54, 1.807) is 48.3 Å². The first-order chi connectivity index (χ1) is 21.4. The second kappa shape index (κ2) is 12.6. The number of hydrogen-bond donors (Lipinski definition) is 1. The monoisotopic (exact) mass is 598 g/mol. The second-order valence-electron chi connectivity index (χ2n) is 11.8. The van der Waals surface area contributed by atoms with E-state index < -0.39 is 23.8 Å². The van der Waals surface area contributed by atoms with Gasteiger partial charge in [0.2, 0.25) is 5.91 Å². The number of ether oxygens (including phenoxy) is 3. The van der Waals surface area contributed by atoms with Gasteiger partial charge in [0, 0.05) is 42.4 Å². The number of hydrogen-bond acceptors (Lipinski definition) is 7. The van der Waals surface area contributed by atoms with Gasteiger partial charge in [-0.1, -0.05) is 43.2 Å². The summed E-state index contributed by atoms with van der Waals surface area (Å²) >= 11 is 0. The zero-order valence-electron chi connectivity index (χ0n) is 25.2. The highest BCUT2D eigenvalue weighted by Gasteiger charge is 2.44. The minimum Gasteiger partial charge on any atom is -0.508 e. The predicted octanol–water partition coefficient (Wildman–Crippen LogP) is 5.04. The Labute approximate surface area is 257 Å². The van der Waals surface area contributed by atoms with Gasteiger partial charge in [0.25, 0.3) is 5.91 Å². The van der Waals surface area contributed by atoms with E-state index in [4.69, 9.17) is 14.2 Å². The number of methoxy groups -OCH3 is 2. The van der Waals surface area contributed by atoms with E-state index in [1.165, 1.54) is 0 Å². The van der Waals surface area contributed by atoms with Crippen LogP contribution in [0, 0.1) is 11.8 Å². The largest absolute Gasteiger partial charge is 0.508 e. The second-order valence-corrected chi connectivity index (χ2v) is 11.8. The Balaban J connectivity index is 1.23. The highest BCUT2D eigenvalue weighted by atomic mass is 16.5. The third-order valence-corrected chi connectivity index (χ3v) is 9.33.